The number of amides is 1. The highest BCUT2D eigenvalue weighted by atomic mass is 32.2. The Morgan fingerprint density at radius 1 is 1.27 bits per heavy atom. The van der Waals surface area contributed by atoms with Gasteiger partial charge in [-0.25, -0.2) is 5.01 Å². The van der Waals surface area contributed by atoms with Gasteiger partial charge in [-0.3, -0.25) is 10.2 Å². The minimum atomic E-state index is -0.0348. The highest BCUT2D eigenvalue weighted by Crippen LogP contribution is 2.29. The average Bonchev–Trinajstić information content (AvgIpc) is 2.94. The van der Waals surface area contributed by atoms with Crippen molar-refractivity contribution in [3.63, 3.8) is 0 Å². The zero-order valence-electron chi connectivity index (χ0n) is 15.9. The number of hydrazine groups is 1. The number of nitrogens with zero attached hydrogens (tertiary/aromatic N) is 2. The number of nitrogens with one attached hydrogen (secondary N) is 1. The van der Waals surface area contributed by atoms with E-state index in [9.17, 15) is 4.79 Å². The second-order valence-corrected chi connectivity index (χ2v) is 8.08. The maximum Gasteiger partial charge on any atom is 0.266 e. The fourth-order valence-corrected chi connectivity index (χ4v) is 4.66. The number of aryl methyl sites for hydroxylation is 2. The Bertz CT molecular complexity index is 745. The van der Waals surface area contributed by atoms with Gasteiger partial charge in [0, 0.05) is 28.3 Å². The third-order valence-electron chi connectivity index (χ3n) is 5.11. The molecule has 0 bridgehead atoms. The van der Waals surface area contributed by atoms with Crippen molar-refractivity contribution >= 4 is 17.7 Å². The molecule has 0 radical (unpaired) electrons. The van der Waals surface area contributed by atoms with Crippen LogP contribution in [0.2, 0.25) is 0 Å². The molecular weight excluding hydrogens is 346 g/mol. The zero-order chi connectivity index (χ0) is 18.7. The first-order chi connectivity index (χ1) is 12.5. The summed E-state index contributed by atoms with van der Waals surface area (Å²) in [5.41, 5.74) is 5.87. The van der Waals surface area contributed by atoms with E-state index in [4.69, 9.17) is 4.52 Å². The Morgan fingerprint density at radius 3 is 2.62 bits per heavy atom. The lowest BCUT2D eigenvalue weighted by atomic mass is 10.00. The molecule has 2 aromatic rings. The normalized spacial score (nSPS) is 20.9. The molecule has 0 saturated carbocycles. The van der Waals surface area contributed by atoms with Crippen molar-refractivity contribution in [2.24, 2.45) is 0 Å². The Labute approximate surface area is 159 Å². The Hall–Kier alpha value is -1.79. The first-order valence-corrected chi connectivity index (χ1v) is 10.2. The van der Waals surface area contributed by atoms with Gasteiger partial charge in [0.25, 0.3) is 5.91 Å². The fraction of sp³-hybridized carbons (Fsp3) is 0.500. The van der Waals surface area contributed by atoms with Gasteiger partial charge >= 0.3 is 0 Å². The molecule has 2 atom stereocenters. The molecule has 1 N–H and O–H groups in total. The van der Waals surface area contributed by atoms with Crippen LogP contribution >= 0.6 is 11.8 Å². The number of benzene rings is 1. The van der Waals surface area contributed by atoms with Gasteiger partial charge in [-0.05, 0) is 52.7 Å². The van der Waals surface area contributed by atoms with Crippen LogP contribution in [0.4, 0.5) is 0 Å². The predicted molar refractivity (Wildman–Crippen MR) is 104 cm³/mol. The summed E-state index contributed by atoms with van der Waals surface area (Å²) in [5, 5.41) is 6.12. The van der Waals surface area contributed by atoms with E-state index in [1.807, 2.05) is 38.1 Å². The lowest BCUT2D eigenvalue weighted by molar-refractivity contribution is 0.0367. The van der Waals surface area contributed by atoms with Crippen molar-refractivity contribution in [1.29, 1.82) is 0 Å². The molecule has 1 aliphatic heterocycles. The molecule has 2 heterocycles. The predicted octanol–water partition coefficient (Wildman–Crippen LogP) is 4.49. The van der Waals surface area contributed by atoms with Crippen LogP contribution in [-0.4, -0.2) is 28.2 Å². The molecule has 1 aromatic carbocycles. The molecular formula is C20H27N3O2S. The second kappa shape index (κ2) is 8.27. The topological polar surface area (TPSA) is 58.4 Å². The summed E-state index contributed by atoms with van der Waals surface area (Å²) >= 11 is 1.65. The van der Waals surface area contributed by atoms with E-state index in [1.165, 1.54) is 6.42 Å². The van der Waals surface area contributed by atoms with Gasteiger partial charge in [-0.2, -0.15) is 0 Å². The van der Waals surface area contributed by atoms with Gasteiger partial charge in [-0.1, -0.05) is 23.7 Å². The molecule has 1 amide bonds. The largest absolute Gasteiger partial charge is 0.361 e. The monoisotopic (exact) mass is 373 g/mol. The number of thioether (sulfide) groups is 1. The molecule has 0 unspecified atom stereocenters. The summed E-state index contributed by atoms with van der Waals surface area (Å²) < 4.78 is 5.24. The molecule has 6 heteroatoms. The lowest BCUT2D eigenvalue weighted by Crippen LogP contribution is -2.54. The molecule has 1 aromatic heterocycles. The van der Waals surface area contributed by atoms with Crippen LogP contribution in [-0.2, 0) is 5.75 Å². The van der Waals surface area contributed by atoms with Crippen molar-refractivity contribution < 1.29 is 9.32 Å². The highest BCUT2D eigenvalue weighted by Gasteiger charge is 2.27. The molecule has 3 rings (SSSR count). The van der Waals surface area contributed by atoms with E-state index in [0.29, 0.717) is 17.6 Å². The summed E-state index contributed by atoms with van der Waals surface area (Å²) in [6.07, 6.45) is 3.46. The summed E-state index contributed by atoms with van der Waals surface area (Å²) in [6.45, 7) is 8.22. The Balaban J connectivity index is 1.73. The van der Waals surface area contributed by atoms with Crippen LogP contribution in [0.1, 0.15) is 60.5 Å². The number of hydrogen-bond acceptors (Lipinski definition) is 5. The molecule has 0 spiro atoms. The number of carbonyl (C=O) groups is 1. The smallest absolute Gasteiger partial charge is 0.266 e. The van der Waals surface area contributed by atoms with Gasteiger partial charge in [-0.15, -0.1) is 11.8 Å². The van der Waals surface area contributed by atoms with E-state index in [2.05, 4.69) is 29.4 Å². The second-order valence-electron chi connectivity index (χ2n) is 7.06. The number of aromatic nitrogens is 1. The van der Waals surface area contributed by atoms with Crippen LogP contribution in [0, 0.1) is 13.8 Å². The van der Waals surface area contributed by atoms with Crippen molar-refractivity contribution in [1.82, 2.24) is 15.6 Å². The zero-order valence-corrected chi connectivity index (χ0v) is 16.7. The van der Waals surface area contributed by atoms with Crippen molar-refractivity contribution in [3.8, 4) is 0 Å². The van der Waals surface area contributed by atoms with E-state index in [-0.39, 0.29) is 5.91 Å². The molecule has 0 aliphatic carbocycles. The fourth-order valence-electron chi connectivity index (χ4n) is 3.46. The molecule has 140 valence electrons. The summed E-state index contributed by atoms with van der Waals surface area (Å²) in [4.78, 5) is 13.9. The first kappa shape index (κ1) is 19.0. The lowest BCUT2D eigenvalue weighted by Gasteiger charge is -2.38. The van der Waals surface area contributed by atoms with E-state index in [1.54, 1.807) is 11.8 Å². The summed E-state index contributed by atoms with van der Waals surface area (Å²) in [6, 6.07) is 8.51. The SMILES string of the molecule is Cc1noc(C)c1CSc1ccccc1C(=O)NN1[C@H](C)CCC[C@@H]1C. The Morgan fingerprint density at radius 2 is 1.96 bits per heavy atom. The number of piperidine rings is 1. The maximum absolute atomic E-state index is 12.9. The third-order valence-corrected chi connectivity index (χ3v) is 6.21. The molecule has 1 aliphatic rings. The van der Waals surface area contributed by atoms with Gasteiger partial charge in [0.05, 0.1) is 11.3 Å². The highest BCUT2D eigenvalue weighted by molar-refractivity contribution is 7.98. The maximum atomic E-state index is 12.9. The Kier molecular flexibility index (Phi) is 6.04. The molecule has 26 heavy (non-hydrogen) atoms. The van der Waals surface area contributed by atoms with Crippen molar-refractivity contribution in [3.05, 3.63) is 46.8 Å². The van der Waals surface area contributed by atoms with E-state index >= 15 is 0 Å². The van der Waals surface area contributed by atoms with Gasteiger partial charge in [0.15, 0.2) is 0 Å². The van der Waals surface area contributed by atoms with E-state index in [0.717, 1.165) is 40.5 Å². The number of carbonyl (C=O) groups excluding carboxylic acids is 1. The van der Waals surface area contributed by atoms with Gasteiger partial charge in [0.1, 0.15) is 5.76 Å². The quantitative estimate of drug-likeness (QED) is 0.783. The first-order valence-electron chi connectivity index (χ1n) is 9.20. The van der Waals surface area contributed by atoms with Crippen LogP contribution < -0.4 is 5.43 Å². The van der Waals surface area contributed by atoms with Gasteiger partial charge < -0.3 is 4.52 Å². The minimum absolute atomic E-state index is 0.0348. The molecule has 5 nitrogen and oxygen atoms in total. The van der Waals surface area contributed by atoms with Crippen LogP contribution in [0.15, 0.2) is 33.7 Å². The molecule has 1 fully saturated rings. The van der Waals surface area contributed by atoms with Crippen LogP contribution in [0.5, 0.6) is 0 Å². The summed E-state index contributed by atoms with van der Waals surface area (Å²) in [7, 11) is 0. The van der Waals surface area contributed by atoms with Crippen LogP contribution in [0.3, 0.4) is 0 Å². The number of rotatable bonds is 5. The van der Waals surface area contributed by atoms with E-state index < -0.39 is 0 Å². The average molecular weight is 374 g/mol. The summed E-state index contributed by atoms with van der Waals surface area (Å²) in [5.74, 6) is 1.54. The number of hydrogen-bond donors (Lipinski definition) is 1. The minimum Gasteiger partial charge on any atom is -0.361 e. The third kappa shape index (κ3) is 4.13. The van der Waals surface area contributed by atoms with Crippen molar-refractivity contribution in [2.75, 3.05) is 0 Å². The van der Waals surface area contributed by atoms with Crippen molar-refractivity contribution in [2.45, 2.75) is 69.7 Å². The standard InChI is InChI=1S/C20H27N3O2S/c1-13-8-7-9-14(2)23(13)21-20(24)17-10-5-6-11-19(17)26-12-18-15(3)22-25-16(18)4/h5-6,10-11,13-14H,7-9,12H2,1-4H3,(H,21,24)/t13-,14+. The van der Waals surface area contributed by atoms with Crippen LogP contribution in [0.25, 0.3) is 0 Å². The molecule has 1 saturated heterocycles. The van der Waals surface area contributed by atoms with Gasteiger partial charge in [0.2, 0.25) is 0 Å².